The van der Waals surface area contributed by atoms with Gasteiger partial charge in [-0.1, -0.05) is 23.7 Å². The second-order valence-electron chi connectivity index (χ2n) is 5.57. The molecule has 0 atom stereocenters. The maximum Gasteiger partial charge on any atom is 0.251 e. The van der Waals surface area contributed by atoms with E-state index in [0.29, 0.717) is 20.9 Å². The standard InChI is InChI=1S/C16H16BrClN2O2/c1-16(2,9-21)20-15(22)11-7-13(19-14(17)8-11)10-3-5-12(18)6-4-10/h3-8,21H,9H2,1-2H3,(H,20,22). The van der Waals surface area contributed by atoms with E-state index < -0.39 is 5.54 Å². The molecule has 2 aromatic rings. The van der Waals surface area contributed by atoms with Crippen LogP contribution in [0, 0.1) is 0 Å². The molecule has 1 aromatic carbocycles. The van der Waals surface area contributed by atoms with Crippen molar-refractivity contribution in [2.75, 3.05) is 6.61 Å². The second kappa shape index (κ2) is 6.77. The number of amides is 1. The minimum absolute atomic E-state index is 0.144. The van der Waals surface area contributed by atoms with Crippen LogP contribution in [0.2, 0.25) is 5.02 Å². The summed E-state index contributed by atoms with van der Waals surface area (Å²) in [5.41, 5.74) is 1.31. The van der Waals surface area contributed by atoms with Crippen molar-refractivity contribution in [2.24, 2.45) is 0 Å². The van der Waals surface area contributed by atoms with Crippen molar-refractivity contribution in [3.05, 3.63) is 51.6 Å². The van der Waals surface area contributed by atoms with Crippen LogP contribution >= 0.6 is 27.5 Å². The molecule has 2 rings (SSSR count). The highest BCUT2D eigenvalue weighted by molar-refractivity contribution is 9.10. The first-order chi connectivity index (χ1) is 10.3. The van der Waals surface area contributed by atoms with Gasteiger partial charge in [0.1, 0.15) is 4.60 Å². The topological polar surface area (TPSA) is 62.2 Å². The van der Waals surface area contributed by atoms with Gasteiger partial charge in [0.2, 0.25) is 0 Å². The van der Waals surface area contributed by atoms with Crippen LogP contribution in [0.3, 0.4) is 0 Å². The Morgan fingerprint density at radius 1 is 1.32 bits per heavy atom. The number of aliphatic hydroxyl groups excluding tert-OH is 1. The van der Waals surface area contributed by atoms with E-state index in [0.717, 1.165) is 5.56 Å². The molecule has 0 unspecified atom stereocenters. The molecule has 0 saturated heterocycles. The summed E-state index contributed by atoms with van der Waals surface area (Å²) in [5.74, 6) is -0.266. The van der Waals surface area contributed by atoms with E-state index in [1.54, 1.807) is 38.1 Å². The zero-order valence-corrected chi connectivity index (χ0v) is 14.6. The molecule has 0 aliphatic rings. The number of nitrogens with zero attached hydrogens (tertiary/aromatic N) is 1. The molecule has 0 aliphatic heterocycles. The van der Waals surface area contributed by atoms with Crippen LogP contribution in [-0.2, 0) is 0 Å². The van der Waals surface area contributed by atoms with Crippen molar-refractivity contribution in [3.63, 3.8) is 0 Å². The summed E-state index contributed by atoms with van der Waals surface area (Å²) < 4.78 is 0.562. The van der Waals surface area contributed by atoms with Gasteiger partial charge in [-0.25, -0.2) is 4.98 Å². The number of aliphatic hydroxyl groups is 1. The number of halogens is 2. The van der Waals surface area contributed by atoms with Gasteiger partial charge in [-0.05, 0) is 54.0 Å². The van der Waals surface area contributed by atoms with Crippen molar-refractivity contribution in [2.45, 2.75) is 19.4 Å². The first-order valence-electron chi connectivity index (χ1n) is 6.68. The summed E-state index contributed by atoms with van der Waals surface area (Å²) in [6.07, 6.45) is 0. The number of benzene rings is 1. The molecule has 1 heterocycles. The zero-order chi connectivity index (χ0) is 16.3. The SMILES string of the molecule is CC(C)(CO)NC(=O)c1cc(Br)nc(-c2ccc(Cl)cc2)c1. The summed E-state index contributed by atoms with van der Waals surface area (Å²) in [6, 6.07) is 10.6. The summed E-state index contributed by atoms with van der Waals surface area (Å²) in [4.78, 5) is 16.7. The molecule has 2 N–H and O–H groups in total. The number of hydrogen-bond donors (Lipinski definition) is 2. The second-order valence-corrected chi connectivity index (χ2v) is 6.82. The lowest BCUT2D eigenvalue weighted by atomic mass is 10.1. The van der Waals surface area contributed by atoms with Gasteiger partial charge in [0.05, 0.1) is 17.8 Å². The normalized spacial score (nSPS) is 11.3. The minimum Gasteiger partial charge on any atom is -0.394 e. The number of pyridine rings is 1. The largest absolute Gasteiger partial charge is 0.394 e. The third-order valence-corrected chi connectivity index (χ3v) is 3.70. The molecule has 1 aromatic heterocycles. The lowest BCUT2D eigenvalue weighted by Gasteiger charge is -2.23. The molecule has 0 saturated carbocycles. The van der Waals surface area contributed by atoms with Gasteiger partial charge in [-0.15, -0.1) is 0 Å². The number of nitrogens with one attached hydrogen (secondary N) is 1. The minimum atomic E-state index is -0.687. The first kappa shape index (κ1) is 16.9. The molecule has 0 aliphatic carbocycles. The van der Waals surface area contributed by atoms with Gasteiger partial charge >= 0.3 is 0 Å². The van der Waals surface area contributed by atoms with Crippen LogP contribution in [0.15, 0.2) is 41.0 Å². The van der Waals surface area contributed by atoms with E-state index in [4.69, 9.17) is 11.6 Å². The van der Waals surface area contributed by atoms with Crippen LogP contribution in [0.4, 0.5) is 0 Å². The summed E-state index contributed by atoms with van der Waals surface area (Å²) in [7, 11) is 0. The van der Waals surface area contributed by atoms with Gasteiger partial charge in [0.25, 0.3) is 5.91 Å². The number of carbonyl (C=O) groups is 1. The Hall–Kier alpha value is -1.43. The Kier molecular flexibility index (Phi) is 5.21. The maximum atomic E-state index is 12.3. The van der Waals surface area contributed by atoms with E-state index in [1.807, 2.05) is 12.1 Å². The molecular formula is C16H16BrClN2O2. The average molecular weight is 384 g/mol. The molecule has 0 fully saturated rings. The van der Waals surface area contributed by atoms with Gasteiger partial charge in [-0.3, -0.25) is 4.79 Å². The number of aromatic nitrogens is 1. The first-order valence-corrected chi connectivity index (χ1v) is 7.85. The molecular weight excluding hydrogens is 368 g/mol. The number of hydrogen-bond acceptors (Lipinski definition) is 3. The molecule has 6 heteroatoms. The van der Waals surface area contributed by atoms with E-state index in [2.05, 4.69) is 26.2 Å². The third-order valence-electron chi connectivity index (χ3n) is 3.04. The third kappa shape index (κ3) is 4.29. The van der Waals surface area contributed by atoms with Crippen molar-refractivity contribution in [1.82, 2.24) is 10.3 Å². The predicted octanol–water partition coefficient (Wildman–Crippen LogP) is 3.67. The van der Waals surface area contributed by atoms with Crippen molar-refractivity contribution in [3.8, 4) is 11.3 Å². The smallest absolute Gasteiger partial charge is 0.251 e. The maximum absolute atomic E-state index is 12.3. The van der Waals surface area contributed by atoms with Gasteiger partial charge in [0, 0.05) is 16.1 Å². The van der Waals surface area contributed by atoms with Crippen LogP contribution in [0.1, 0.15) is 24.2 Å². The van der Waals surface area contributed by atoms with Crippen LogP contribution in [-0.4, -0.2) is 28.1 Å². The van der Waals surface area contributed by atoms with Gasteiger partial charge in [-0.2, -0.15) is 0 Å². The Balaban J connectivity index is 2.34. The molecule has 0 radical (unpaired) electrons. The van der Waals surface area contributed by atoms with E-state index >= 15 is 0 Å². The average Bonchev–Trinajstić information content (AvgIpc) is 2.47. The summed E-state index contributed by atoms with van der Waals surface area (Å²) in [6.45, 7) is 3.36. The predicted molar refractivity (Wildman–Crippen MR) is 91.0 cm³/mol. The molecule has 116 valence electrons. The van der Waals surface area contributed by atoms with Crippen LogP contribution in [0.5, 0.6) is 0 Å². The Labute approximate surface area is 142 Å². The molecule has 4 nitrogen and oxygen atoms in total. The van der Waals surface area contributed by atoms with Crippen molar-refractivity contribution >= 4 is 33.4 Å². The Bertz CT molecular complexity index is 687. The lowest BCUT2D eigenvalue weighted by molar-refractivity contribution is 0.0869. The van der Waals surface area contributed by atoms with Crippen molar-refractivity contribution in [1.29, 1.82) is 0 Å². The molecule has 1 amide bonds. The Morgan fingerprint density at radius 2 is 1.95 bits per heavy atom. The van der Waals surface area contributed by atoms with E-state index in [-0.39, 0.29) is 12.5 Å². The lowest BCUT2D eigenvalue weighted by Crippen LogP contribution is -2.46. The fourth-order valence-electron chi connectivity index (χ4n) is 1.82. The fraction of sp³-hybridized carbons (Fsp3) is 0.250. The monoisotopic (exact) mass is 382 g/mol. The highest BCUT2D eigenvalue weighted by atomic mass is 79.9. The molecule has 0 spiro atoms. The highest BCUT2D eigenvalue weighted by Crippen LogP contribution is 2.23. The Morgan fingerprint density at radius 3 is 2.55 bits per heavy atom. The fourth-order valence-corrected chi connectivity index (χ4v) is 2.38. The number of rotatable bonds is 4. The number of carbonyl (C=O) groups excluding carboxylic acids is 1. The highest BCUT2D eigenvalue weighted by Gasteiger charge is 2.20. The van der Waals surface area contributed by atoms with Crippen LogP contribution in [0.25, 0.3) is 11.3 Å². The summed E-state index contributed by atoms with van der Waals surface area (Å²) in [5, 5.41) is 12.7. The van der Waals surface area contributed by atoms with E-state index in [9.17, 15) is 9.90 Å². The summed E-state index contributed by atoms with van der Waals surface area (Å²) >= 11 is 9.21. The quantitative estimate of drug-likeness (QED) is 0.792. The van der Waals surface area contributed by atoms with Gasteiger partial charge < -0.3 is 10.4 Å². The molecule has 0 bridgehead atoms. The molecule has 22 heavy (non-hydrogen) atoms. The van der Waals surface area contributed by atoms with Crippen LogP contribution < -0.4 is 5.32 Å². The van der Waals surface area contributed by atoms with E-state index in [1.165, 1.54) is 0 Å². The van der Waals surface area contributed by atoms with Gasteiger partial charge in [0.15, 0.2) is 0 Å². The van der Waals surface area contributed by atoms with Crippen molar-refractivity contribution < 1.29 is 9.90 Å². The zero-order valence-electron chi connectivity index (χ0n) is 12.2.